The lowest BCUT2D eigenvalue weighted by Gasteiger charge is -2.18. The first-order valence-corrected chi connectivity index (χ1v) is 6.71. The van der Waals surface area contributed by atoms with Crippen LogP contribution in [-0.4, -0.2) is 16.9 Å². The lowest BCUT2D eigenvalue weighted by Crippen LogP contribution is -2.30. The molecule has 2 rings (SSSR count). The fourth-order valence-corrected chi connectivity index (χ4v) is 2.06. The number of carbonyl (C=O) groups excluding carboxylic acids is 1. The van der Waals surface area contributed by atoms with E-state index in [-0.39, 0.29) is 17.4 Å². The Morgan fingerprint density at radius 3 is 2.47 bits per heavy atom. The molecule has 0 unspecified atom stereocenters. The second-order valence-electron chi connectivity index (χ2n) is 6.36. The van der Waals surface area contributed by atoms with Crippen LogP contribution in [0.2, 0.25) is 0 Å². The largest absolute Gasteiger partial charge is 0.351 e. The molecular weight excluding hydrogens is 236 g/mol. The average molecular weight is 258 g/mol. The fourth-order valence-electron chi connectivity index (χ4n) is 2.06. The quantitative estimate of drug-likeness (QED) is 0.849. The first kappa shape index (κ1) is 13.7. The van der Waals surface area contributed by atoms with Gasteiger partial charge in [-0.15, -0.1) is 0 Å². The number of hydrogen-bond donors (Lipinski definition) is 2. The van der Waals surface area contributed by atoms with Gasteiger partial charge in [-0.1, -0.05) is 32.9 Å². The molecule has 0 aliphatic carbocycles. The van der Waals surface area contributed by atoms with Crippen molar-refractivity contribution in [3.8, 4) is 0 Å². The number of fused-ring (bicyclic) bond motifs is 1. The summed E-state index contributed by atoms with van der Waals surface area (Å²) in [4.78, 5) is 15.2. The van der Waals surface area contributed by atoms with Crippen molar-refractivity contribution in [2.24, 2.45) is 0 Å². The molecule has 0 spiro atoms. The molecular formula is C16H22N2O. The van der Waals surface area contributed by atoms with E-state index >= 15 is 0 Å². The number of H-pyrrole nitrogens is 1. The second kappa shape index (κ2) is 4.72. The summed E-state index contributed by atoms with van der Waals surface area (Å²) in [6.45, 7) is 10.5. The number of aromatic nitrogens is 1. The minimum Gasteiger partial charge on any atom is -0.351 e. The van der Waals surface area contributed by atoms with Crippen molar-refractivity contribution in [1.82, 2.24) is 10.3 Å². The van der Waals surface area contributed by atoms with E-state index in [0.717, 1.165) is 10.9 Å². The molecule has 0 aliphatic rings. The van der Waals surface area contributed by atoms with Crippen molar-refractivity contribution < 1.29 is 4.79 Å². The molecule has 0 saturated heterocycles. The monoisotopic (exact) mass is 258 g/mol. The first-order valence-electron chi connectivity index (χ1n) is 6.71. The van der Waals surface area contributed by atoms with E-state index in [0.29, 0.717) is 5.69 Å². The maximum Gasteiger partial charge on any atom is 0.267 e. The molecule has 3 nitrogen and oxygen atoms in total. The summed E-state index contributed by atoms with van der Waals surface area (Å²) in [5.74, 6) is -0.0523. The Hall–Kier alpha value is -1.77. The van der Waals surface area contributed by atoms with E-state index in [9.17, 15) is 4.79 Å². The summed E-state index contributed by atoms with van der Waals surface area (Å²) in [6.07, 6.45) is 0. The number of nitrogens with one attached hydrogen (secondary N) is 2. The predicted octanol–water partition coefficient (Wildman–Crippen LogP) is 3.60. The number of rotatable bonds is 2. The van der Waals surface area contributed by atoms with Gasteiger partial charge in [-0.05, 0) is 37.0 Å². The highest BCUT2D eigenvalue weighted by atomic mass is 16.1. The number of benzene rings is 1. The molecule has 3 heteroatoms. The van der Waals surface area contributed by atoms with Gasteiger partial charge in [-0.25, -0.2) is 0 Å². The van der Waals surface area contributed by atoms with E-state index < -0.39 is 0 Å². The zero-order chi connectivity index (χ0) is 14.2. The van der Waals surface area contributed by atoms with Crippen LogP contribution in [0.4, 0.5) is 0 Å². The van der Waals surface area contributed by atoms with E-state index in [1.165, 1.54) is 5.56 Å². The number of hydrogen-bond acceptors (Lipinski definition) is 1. The standard InChI is InChI=1S/C16H22N2O/c1-10(2)17-15(19)14-8-11-6-7-12(16(3,4)5)9-13(11)18-14/h6-10,18H,1-5H3,(H,17,19). The predicted molar refractivity (Wildman–Crippen MR) is 79.6 cm³/mol. The van der Waals surface area contributed by atoms with E-state index in [1.54, 1.807) is 0 Å². The van der Waals surface area contributed by atoms with Crippen LogP contribution in [-0.2, 0) is 5.41 Å². The third-order valence-corrected chi connectivity index (χ3v) is 3.15. The Morgan fingerprint density at radius 2 is 1.89 bits per heavy atom. The van der Waals surface area contributed by atoms with E-state index in [4.69, 9.17) is 0 Å². The third-order valence-electron chi connectivity index (χ3n) is 3.15. The second-order valence-corrected chi connectivity index (χ2v) is 6.36. The highest BCUT2D eigenvalue weighted by molar-refractivity contribution is 5.98. The molecule has 0 aliphatic heterocycles. The molecule has 0 bridgehead atoms. The fraction of sp³-hybridized carbons (Fsp3) is 0.438. The number of carbonyl (C=O) groups is 1. The van der Waals surface area contributed by atoms with Crippen molar-refractivity contribution in [3.63, 3.8) is 0 Å². The van der Waals surface area contributed by atoms with Crippen molar-refractivity contribution in [3.05, 3.63) is 35.5 Å². The van der Waals surface area contributed by atoms with E-state index in [1.807, 2.05) is 19.9 Å². The van der Waals surface area contributed by atoms with Gasteiger partial charge in [-0.3, -0.25) is 4.79 Å². The van der Waals surface area contributed by atoms with Crippen LogP contribution in [0.5, 0.6) is 0 Å². The maximum absolute atomic E-state index is 12.0. The average Bonchev–Trinajstić information content (AvgIpc) is 2.69. The Labute approximate surface area is 114 Å². The van der Waals surface area contributed by atoms with Gasteiger partial charge >= 0.3 is 0 Å². The summed E-state index contributed by atoms with van der Waals surface area (Å²) in [6, 6.07) is 8.36. The smallest absolute Gasteiger partial charge is 0.267 e. The molecule has 2 aromatic rings. The SMILES string of the molecule is CC(C)NC(=O)c1cc2ccc(C(C)(C)C)cc2[nH]1. The maximum atomic E-state index is 12.0. The summed E-state index contributed by atoms with van der Waals surface area (Å²) in [5.41, 5.74) is 3.01. The zero-order valence-corrected chi connectivity index (χ0v) is 12.3. The Balaban J connectivity index is 2.38. The van der Waals surface area contributed by atoms with E-state index in [2.05, 4.69) is 49.3 Å². The van der Waals surface area contributed by atoms with Crippen LogP contribution in [0.3, 0.4) is 0 Å². The molecule has 2 N–H and O–H groups in total. The Bertz CT molecular complexity index is 603. The molecule has 0 radical (unpaired) electrons. The lowest BCUT2D eigenvalue weighted by atomic mass is 9.87. The van der Waals surface area contributed by atoms with Gasteiger partial charge in [0, 0.05) is 16.9 Å². The van der Waals surface area contributed by atoms with Gasteiger partial charge in [0.05, 0.1) is 0 Å². The van der Waals surface area contributed by atoms with Gasteiger partial charge in [0.25, 0.3) is 5.91 Å². The van der Waals surface area contributed by atoms with Gasteiger partial charge in [0.15, 0.2) is 0 Å². The van der Waals surface area contributed by atoms with Crippen LogP contribution in [0.25, 0.3) is 10.9 Å². The van der Waals surface area contributed by atoms with Crippen molar-refractivity contribution in [2.45, 2.75) is 46.1 Å². The van der Waals surface area contributed by atoms with Crippen LogP contribution in [0, 0.1) is 0 Å². The van der Waals surface area contributed by atoms with Crippen LogP contribution >= 0.6 is 0 Å². The van der Waals surface area contributed by atoms with Crippen molar-refractivity contribution in [2.75, 3.05) is 0 Å². The summed E-state index contributed by atoms with van der Waals surface area (Å²) in [5, 5.41) is 3.97. The molecule has 1 heterocycles. The molecule has 102 valence electrons. The first-order chi connectivity index (χ1) is 8.77. The molecule has 0 saturated carbocycles. The third kappa shape index (κ3) is 2.98. The summed E-state index contributed by atoms with van der Waals surface area (Å²) >= 11 is 0. The lowest BCUT2D eigenvalue weighted by molar-refractivity contribution is 0.0939. The van der Waals surface area contributed by atoms with Gasteiger partial charge in [-0.2, -0.15) is 0 Å². The minimum atomic E-state index is -0.0523. The minimum absolute atomic E-state index is 0.0523. The summed E-state index contributed by atoms with van der Waals surface area (Å²) < 4.78 is 0. The molecule has 0 atom stereocenters. The van der Waals surface area contributed by atoms with Crippen LogP contribution in [0.15, 0.2) is 24.3 Å². The normalized spacial score (nSPS) is 12.1. The number of amides is 1. The molecule has 19 heavy (non-hydrogen) atoms. The molecule has 1 aromatic carbocycles. The van der Waals surface area contributed by atoms with Crippen LogP contribution in [0.1, 0.15) is 50.7 Å². The highest BCUT2D eigenvalue weighted by Gasteiger charge is 2.15. The Kier molecular flexibility index (Phi) is 3.40. The van der Waals surface area contributed by atoms with Crippen molar-refractivity contribution >= 4 is 16.8 Å². The van der Waals surface area contributed by atoms with Crippen LogP contribution < -0.4 is 5.32 Å². The topological polar surface area (TPSA) is 44.9 Å². The molecule has 0 fully saturated rings. The van der Waals surface area contributed by atoms with Gasteiger partial charge in [0.2, 0.25) is 0 Å². The Morgan fingerprint density at radius 1 is 1.21 bits per heavy atom. The number of aromatic amines is 1. The van der Waals surface area contributed by atoms with Gasteiger partial charge in [0.1, 0.15) is 5.69 Å². The molecule has 1 aromatic heterocycles. The summed E-state index contributed by atoms with van der Waals surface area (Å²) in [7, 11) is 0. The highest BCUT2D eigenvalue weighted by Crippen LogP contribution is 2.26. The van der Waals surface area contributed by atoms with Gasteiger partial charge < -0.3 is 10.3 Å². The zero-order valence-electron chi connectivity index (χ0n) is 12.3. The van der Waals surface area contributed by atoms with Crippen molar-refractivity contribution in [1.29, 1.82) is 0 Å². The molecule has 1 amide bonds.